The highest BCUT2D eigenvalue weighted by molar-refractivity contribution is 6.01. The molecule has 166 valence electrons. The quantitative estimate of drug-likeness (QED) is 0.581. The maximum atomic E-state index is 14.7. The molecule has 0 aliphatic carbocycles. The van der Waals surface area contributed by atoms with Crippen molar-refractivity contribution in [2.45, 2.75) is 43.6 Å². The second-order valence-corrected chi connectivity index (χ2v) is 8.03. The van der Waals surface area contributed by atoms with E-state index in [1.807, 2.05) is 0 Å². The van der Waals surface area contributed by atoms with Gasteiger partial charge in [-0.2, -0.15) is 13.2 Å². The summed E-state index contributed by atoms with van der Waals surface area (Å²) in [5.41, 5.74) is -0.0327. The first kappa shape index (κ1) is 20.5. The number of halogens is 4. The van der Waals surface area contributed by atoms with Gasteiger partial charge in [-0.05, 0) is 43.5 Å². The van der Waals surface area contributed by atoms with E-state index in [1.54, 1.807) is 29.3 Å². The van der Waals surface area contributed by atoms with Crippen LogP contribution in [-0.4, -0.2) is 43.9 Å². The molecule has 0 unspecified atom stereocenters. The minimum Gasteiger partial charge on any atom is -0.364 e. The van der Waals surface area contributed by atoms with E-state index in [0.29, 0.717) is 18.3 Å². The fourth-order valence-corrected chi connectivity index (χ4v) is 4.80. The number of hydrogen-bond acceptors (Lipinski definition) is 4. The Labute approximate surface area is 180 Å². The molecule has 32 heavy (non-hydrogen) atoms. The predicted octanol–water partition coefficient (Wildman–Crippen LogP) is 4.49. The highest BCUT2D eigenvalue weighted by atomic mass is 19.4. The first-order valence-corrected chi connectivity index (χ1v) is 10.2. The van der Waals surface area contributed by atoms with Crippen molar-refractivity contribution in [1.29, 1.82) is 0 Å². The van der Waals surface area contributed by atoms with Gasteiger partial charge in [-0.15, -0.1) is 0 Å². The van der Waals surface area contributed by atoms with Crippen molar-refractivity contribution >= 4 is 11.7 Å². The molecule has 2 aliphatic rings. The molecule has 6 nitrogen and oxygen atoms in total. The zero-order chi connectivity index (χ0) is 22.5. The summed E-state index contributed by atoms with van der Waals surface area (Å²) in [7, 11) is 0. The molecule has 1 amide bonds. The van der Waals surface area contributed by atoms with Gasteiger partial charge < -0.3 is 15.2 Å². The minimum atomic E-state index is -4.55. The number of carbonyl (C=O) groups excluding carboxylic acids is 1. The van der Waals surface area contributed by atoms with Crippen LogP contribution in [0.1, 0.15) is 35.3 Å². The van der Waals surface area contributed by atoms with Gasteiger partial charge in [0.2, 0.25) is 0 Å². The fraction of sp³-hybridized carbons (Fsp3) is 0.318. The molecule has 0 saturated carbocycles. The van der Waals surface area contributed by atoms with Crippen LogP contribution in [0.5, 0.6) is 0 Å². The SMILES string of the molecule is O=C(c1cccc(F)c1-c1ccc[nH]1)N1[C@@H]2CC[C@H]1[C@H](Nc1cnc(C(F)(F)F)cn1)C2. The summed E-state index contributed by atoms with van der Waals surface area (Å²) in [5.74, 6) is -0.523. The molecule has 2 aromatic heterocycles. The van der Waals surface area contributed by atoms with Gasteiger partial charge in [0.05, 0.1) is 30.0 Å². The maximum absolute atomic E-state index is 14.7. The van der Waals surface area contributed by atoms with Gasteiger partial charge in [-0.1, -0.05) is 6.07 Å². The molecule has 4 heterocycles. The lowest BCUT2D eigenvalue weighted by Gasteiger charge is -2.26. The fourth-order valence-electron chi connectivity index (χ4n) is 4.80. The molecule has 3 aromatic rings. The number of anilines is 1. The van der Waals surface area contributed by atoms with Crippen molar-refractivity contribution in [3.8, 4) is 11.3 Å². The van der Waals surface area contributed by atoms with Crippen LogP contribution in [-0.2, 0) is 6.18 Å². The van der Waals surface area contributed by atoms with E-state index < -0.39 is 17.7 Å². The number of fused-ring (bicyclic) bond motifs is 2. The molecule has 2 saturated heterocycles. The average molecular weight is 445 g/mol. The highest BCUT2D eigenvalue weighted by Crippen LogP contribution is 2.41. The third kappa shape index (κ3) is 3.49. The first-order chi connectivity index (χ1) is 15.3. The zero-order valence-electron chi connectivity index (χ0n) is 16.7. The Balaban J connectivity index is 1.38. The standard InChI is InChI=1S/C22H19F4N5O/c23-14-4-1-3-13(20(14)15-5-2-8-27-15)21(32)31-12-6-7-17(31)16(9-12)30-19-11-28-18(10-29-19)22(24,25)26/h1-5,8,10-12,16-17,27H,6-7,9H2,(H,29,30)/t12-,16-,17+/m1/s1. The third-order valence-electron chi connectivity index (χ3n) is 6.16. The van der Waals surface area contributed by atoms with Crippen LogP contribution in [0.25, 0.3) is 11.3 Å². The van der Waals surface area contributed by atoms with Gasteiger partial charge in [-0.3, -0.25) is 4.79 Å². The molecule has 2 fully saturated rings. The topological polar surface area (TPSA) is 73.9 Å². The van der Waals surface area contributed by atoms with Crippen molar-refractivity contribution < 1.29 is 22.4 Å². The Kier molecular flexibility index (Phi) is 4.87. The van der Waals surface area contributed by atoms with E-state index in [-0.39, 0.29) is 41.0 Å². The van der Waals surface area contributed by atoms with E-state index in [0.717, 1.165) is 19.0 Å². The smallest absolute Gasteiger partial charge is 0.364 e. The number of nitrogens with one attached hydrogen (secondary N) is 2. The van der Waals surface area contributed by atoms with Gasteiger partial charge in [0.1, 0.15) is 11.6 Å². The molecule has 3 atom stereocenters. The lowest BCUT2D eigenvalue weighted by molar-refractivity contribution is -0.141. The first-order valence-electron chi connectivity index (χ1n) is 10.2. The van der Waals surface area contributed by atoms with E-state index in [4.69, 9.17) is 0 Å². The number of carbonyl (C=O) groups is 1. The molecular weight excluding hydrogens is 426 g/mol. The summed E-state index contributed by atoms with van der Waals surface area (Å²) in [5, 5.41) is 3.13. The second-order valence-electron chi connectivity index (χ2n) is 8.03. The molecule has 2 aliphatic heterocycles. The maximum Gasteiger partial charge on any atom is 0.434 e. The highest BCUT2D eigenvalue weighted by Gasteiger charge is 2.49. The number of benzene rings is 1. The van der Waals surface area contributed by atoms with Crippen molar-refractivity contribution in [2.75, 3.05) is 5.32 Å². The molecule has 1 aromatic carbocycles. The Morgan fingerprint density at radius 2 is 1.97 bits per heavy atom. The van der Waals surface area contributed by atoms with E-state index in [2.05, 4.69) is 20.3 Å². The molecular formula is C22H19F4N5O. The van der Waals surface area contributed by atoms with Gasteiger partial charge >= 0.3 is 6.18 Å². The Hall–Kier alpha value is -3.43. The van der Waals surface area contributed by atoms with Gasteiger partial charge in [0, 0.05) is 23.5 Å². The number of hydrogen-bond donors (Lipinski definition) is 2. The van der Waals surface area contributed by atoms with Gasteiger partial charge in [0.25, 0.3) is 5.91 Å². The number of rotatable bonds is 4. The summed E-state index contributed by atoms with van der Waals surface area (Å²) in [6.07, 6.45) is 1.05. The number of nitrogens with zero attached hydrogens (tertiary/aromatic N) is 3. The lowest BCUT2D eigenvalue weighted by Crippen LogP contribution is -2.40. The monoisotopic (exact) mass is 445 g/mol. The van der Waals surface area contributed by atoms with Crippen LogP contribution >= 0.6 is 0 Å². The summed E-state index contributed by atoms with van der Waals surface area (Å²) in [4.78, 5) is 25.5. The van der Waals surface area contributed by atoms with Crippen LogP contribution in [0, 0.1) is 5.82 Å². The van der Waals surface area contributed by atoms with Crippen molar-refractivity contribution in [2.24, 2.45) is 0 Å². The van der Waals surface area contributed by atoms with Crippen LogP contribution in [0.15, 0.2) is 48.9 Å². The van der Waals surface area contributed by atoms with E-state index in [9.17, 15) is 22.4 Å². The third-order valence-corrected chi connectivity index (χ3v) is 6.16. The van der Waals surface area contributed by atoms with Crippen LogP contribution in [0.3, 0.4) is 0 Å². The van der Waals surface area contributed by atoms with Crippen LogP contribution in [0.2, 0.25) is 0 Å². The van der Waals surface area contributed by atoms with Gasteiger partial charge in [0.15, 0.2) is 5.69 Å². The molecule has 10 heteroatoms. The predicted molar refractivity (Wildman–Crippen MR) is 108 cm³/mol. The van der Waals surface area contributed by atoms with E-state index in [1.165, 1.54) is 12.1 Å². The second kappa shape index (κ2) is 7.61. The summed E-state index contributed by atoms with van der Waals surface area (Å²) >= 11 is 0. The van der Waals surface area contributed by atoms with Crippen molar-refractivity contribution in [3.05, 3.63) is 66.0 Å². The molecule has 2 N–H and O–H groups in total. The Morgan fingerprint density at radius 3 is 2.66 bits per heavy atom. The Bertz CT molecular complexity index is 1130. The Morgan fingerprint density at radius 1 is 1.12 bits per heavy atom. The van der Waals surface area contributed by atoms with Crippen molar-refractivity contribution in [3.63, 3.8) is 0 Å². The van der Waals surface area contributed by atoms with Crippen molar-refractivity contribution in [1.82, 2.24) is 19.9 Å². The molecule has 0 radical (unpaired) electrons. The largest absolute Gasteiger partial charge is 0.434 e. The normalized spacial score (nSPS) is 22.4. The minimum absolute atomic E-state index is 0.0350. The summed E-state index contributed by atoms with van der Waals surface area (Å²) in [6, 6.07) is 7.51. The molecule has 0 spiro atoms. The van der Waals surface area contributed by atoms with Crippen LogP contribution < -0.4 is 5.32 Å². The average Bonchev–Trinajstić information content (AvgIpc) is 3.49. The van der Waals surface area contributed by atoms with Gasteiger partial charge in [-0.25, -0.2) is 14.4 Å². The number of aromatic amines is 1. The lowest BCUT2D eigenvalue weighted by atomic mass is 9.95. The van der Waals surface area contributed by atoms with E-state index >= 15 is 0 Å². The number of aromatic nitrogens is 3. The zero-order valence-corrected chi connectivity index (χ0v) is 16.7. The van der Waals surface area contributed by atoms with Crippen LogP contribution in [0.4, 0.5) is 23.4 Å². The molecule has 5 rings (SSSR count). The molecule has 2 bridgehead atoms. The number of amides is 1. The number of alkyl halides is 3. The summed E-state index contributed by atoms with van der Waals surface area (Å²) < 4.78 is 52.8. The summed E-state index contributed by atoms with van der Waals surface area (Å²) in [6.45, 7) is 0. The number of H-pyrrole nitrogens is 1.